The van der Waals surface area contributed by atoms with Gasteiger partial charge in [0.2, 0.25) is 0 Å². The van der Waals surface area contributed by atoms with Gasteiger partial charge in [-0.25, -0.2) is 4.79 Å². The van der Waals surface area contributed by atoms with E-state index in [1.165, 1.54) is 0 Å². The average molecular weight is 355 g/mol. The zero-order valence-corrected chi connectivity index (χ0v) is 14.3. The van der Waals surface area contributed by atoms with Crippen molar-refractivity contribution in [2.24, 2.45) is 5.73 Å². The van der Waals surface area contributed by atoms with E-state index < -0.39 is 18.3 Å². The highest BCUT2D eigenvalue weighted by Gasteiger charge is 2.32. The Morgan fingerprint density at radius 1 is 1.27 bits per heavy atom. The van der Waals surface area contributed by atoms with Gasteiger partial charge < -0.3 is 20.7 Å². The Labute approximate surface area is 150 Å². The van der Waals surface area contributed by atoms with Gasteiger partial charge in [-0.15, -0.1) is 0 Å². The number of aliphatic hydroxyl groups is 1. The molecule has 0 radical (unpaired) electrons. The second-order valence-electron chi connectivity index (χ2n) is 6.15. The first-order chi connectivity index (χ1) is 12.4. The third kappa shape index (κ3) is 3.26. The maximum absolute atomic E-state index is 11.2. The molecule has 6 N–H and O–H groups in total. The molecule has 0 spiro atoms. The smallest absolute Gasteiger partial charge is 0.344 e. The van der Waals surface area contributed by atoms with Crippen molar-refractivity contribution in [1.82, 2.24) is 5.32 Å². The van der Waals surface area contributed by atoms with Crippen LogP contribution in [0.3, 0.4) is 0 Å². The zero-order chi connectivity index (χ0) is 18.8. The van der Waals surface area contributed by atoms with Crippen molar-refractivity contribution in [3.8, 4) is 5.75 Å². The number of rotatable bonds is 6. The van der Waals surface area contributed by atoms with E-state index in [0.29, 0.717) is 23.3 Å². The maximum Gasteiger partial charge on any atom is 0.344 e. The van der Waals surface area contributed by atoms with Crippen LogP contribution in [0.4, 0.5) is 0 Å². The quantitative estimate of drug-likeness (QED) is 0.398. The second-order valence-corrected chi connectivity index (χ2v) is 6.15. The van der Waals surface area contributed by atoms with Crippen LogP contribution in [-0.2, 0) is 4.79 Å². The number of amidine groups is 1. The summed E-state index contributed by atoms with van der Waals surface area (Å²) >= 11 is 0. The molecule has 7 nitrogen and oxygen atoms in total. The monoisotopic (exact) mass is 355 g/mol. The highest BCUT2D eigenvalue weighted by Crippen LogP contribution is 2.39. The number of carboxylic acids is 1. The summed E-state index contributed by atoms with van der Waals surface area (Å²) in [7, 11) is 0. The number of nitrogens with two attached hydrogens (primary N) is 1. The van der Waals surface area contributed by atoms with Gasteiger partial charge in [-0.3, -0.25) is 10.7 Å². The van der Waals surface area contributed by atoms with Gasteiger partial charge in [0.25, 0.3) is 0 Å². The third-order valence-electron chi connectivity index (χ3n) is 4.47. The van der Waals surface area contributed by atoms with E-state index in [1.54, 1.807) is 37.3 Å². The number of carboxylic acid groups (broad SMARTS) is 1. The SMILES string of the molecule is CCC(Oc1ccc2c(c1)C(O)NC2c1ccccc1C(=N)N)C(=O)O. The number of nitrogens with one attached hydrogen (secondary N) is 2. The number of ether oxygens (including phenoxy) is 1. The molecule has 26 heavy (non-hydrogen) atoms. The molecule has 0 bridgehead atoms. The van der Waals surface area contributed by atoms with Gasteiger partial charge in [0.15, 0.2) is 6.10 Å². The molecule has 0 amide bonds. The highest BCUT2D eigenvalue weighted by atomic mass is 16.5. The number of aliphatic carboxylic acids is 1. The van der Waals surface area contributed by atoms with Crippen LogP contribution < -0.4 is 15.8 Å². The molecule has 0 saturated carbocycles. The molecule has 3 atom stereocenters. The summed E-state index contributed by atoms with van der Waals surface area (Å²) < 4.78 is 5.51. The van der Waals surface area contributed by atoms with Crippen molar-refractivity contribution < 1.29 is 19.7 Å². The summed E-state index contributed by atoms with van der Waals surface area (Å²) in [5, 5.41) is 30.4. The fourth-order valence-corrected chi connectivity index (χ4v) is 3.19. The van der Waals surface area contributed by atoms with E-state index in [2.05, 4.69) is 5.32 Å². The van der Waals surface area contributed by atoms with Crippen molar-refractivity contribution in [3.63, 3.8) is 0 Å². The third-order valence-corrected chi connectivity index (χ3v) is 4.47. The molecule has 7 heteroatoms. The Hall–Kier alpha value is -2.90. The van der Waals surface area contributed by atoms with Crippen molar-refractivity contribution in [1.29, 1.82) is 5.41 Å². The molecule has 3 rings (SSSR count). The van der Waals surface area contributed by atoms with Crippen LogP contribution in [-0.4, -0.2) is 28.1 Å². The molecule has 0 aliphatic carbocycles. The second kappa shape index (κ2) is 7.15. The van der Waals surface area contributed by atoms with Gasteiger partial charge >= 0.3 is 5.97 Å². The molecule has 1 aliphatic rings. The minimum atomic E-state index is -1.03. The fourth-order valence-electron chi connectivity index (χ4n) is 3.19. The first-order valence-corrected chi connectivity index (χ1v) is 8.33. The molecular formula is C19H21N3O4. The number of nitrogen functional groups attached to an aromatic ring is 1. The number of hydrogen-bond acceptors (Lipinski definition) is 5. The topological polar surface area (TPSA) is 129 Å². The predicted octanol–water partition coefficient (Wildman–Crippen LogP) is 1.90. The van der Waals surface area contributed by atoms with Crippen LogP contribution in [0.15, 0.2) is 42.5 Å². The van der Waals surface area contributed by atoms with Crippen molar-refractivity contribution in [2.75, 3.05) is 0 Å². The van der Waals surface area contributed by atoms with Crippen LogP contribution in [0.5, 0.6) is 5.75 Å². The van der Waals surface area contributed by atoms with E-state index in [0.717, 1.165) is 11.1 Å². The van der Waals surface area contributed by atoms with Crippen molar-refractivity contribution in [2.45, 2.75) is 31.7 Å². The first-order valence-electron chi connectivity index (χ1n) is 8.33. The largest absolute Gasteiger partial charge is 0.479 e. The molecule has 0 saturated heterocycles. The number of aliphatic hydroxyl groups excluding tert-OH is 1. The minimum Gasteiger partial charge on any atom is -0.479 e. The molecule has 0 fully saturated rings. The highest BCUT2D eigenvalue weighted by molar-refractivity contribution is 5.96. The predicted molar refractivity (Wildman–Crippen MR) is 96.2 cm³/mol. The van der Waals surface area contributed by atoms with E-state index in [-0.39, 0.29) is 11.9 Å². The summed E-state index contributed by atoms with van der Waals surface area (Å²) in [4.78, 5) is 11.2. The lowest BCUT2D eigenvalue weighted by Crippen LogP contribution is -2.25. The summed E-state index contributed by atoms with van der Waals surface area (Å²) in [5.41, 5.74) is 8.52. The van der Waals surface area contributed by atoms with E-state index in [1.807, 2.05) is 12.1 Å². The zero-order valence-electron chi connectivity index (χ0n) is 14.3. The molecule has 3 unspecified atom stereocenters. The van der Waals surface area contributed by atoms with Gasteiger partial charge in [-0.05, 0) is 29.7 Å². The standard InChI is InChI=1S/C19H21N3O4/c1-2-15(19(24)25)26-10-7-8-12-14(9-10)18(23)22-16(12)11-5-3-4-6-13(11)17(20)21/h3-9,15-16,18,22-23H,2H2,1H3,(H3,20,21)(H,24,25). The van der Waals surface area contributed by atoms with Gasteiger partial charge in [0.1, 0.15) is 17.8 Å². The minimum absolute atomic E-state index is 0.0439. The lowest BCUT2D eigenvalue weighted by Gasteiger charge is -2.17. The summed E-state index contributed by atoms with van der Waals surface area (Å²) in [6.07, 6.45) is -1.53. The first kappa shape index (κ1) is 17.9. The Kier molecular flexibility index (Phi) is 4.92. The van der Waals surface area contributed by atoms with Crippen LogP contribution >= 0.6 is 0 Å². The lowest BCUT2D eigenvalue weighted by molar-refractivity contribution is -0.145. The van der Waals surface area contributed by atoms with Crippen molar-refractivity contribution >= 4 is 11.8 Å². The van der Waals surface area contributed by atoms with E-state index >= 15 is 0 Å². The van der Waals surface area contributed by atoms with Crippen LogP contribution in [0.25, 0.3) is 0 Å². The number of fused-ring (bicyclic) bond motifs is 1. The fraction of sp³-hybridized carbons (Fsp3) is 0.263. The Morgan fingerprint density at radius 3 is 2.65 bits per heavy atom. The number of hydrogen-bond donors (Lipinski definition) is 5. The van der Waals surface area contributed by atoms with Crippen LogP contribution in [0.1, 0.15) is 47.9 Å². The lowest BCUT2D eigenvalue weighted by atomic mass is 9.94. The van der Waals surface area contributed by atoms with Crippen molar-refractivity contribution in [3.05, 3.63) is 64.7 Å². The summed E-state index contributed by atoms with van der Waals surface area (Å²) in [6.45, 7) is 1.73. The molecular weight excluding hydrogens is 334 g/mol. The van der Waals surface area contributed by atoms with E-state index in [4.69, 9.17) is 21.0 Å². The Bertz CT molecular complexity index is 852. The molecule has 1 heterocycles. The molecule has 136 valence electrons. The maximum atomic E-state index is 11.2. The van der Waals surface area contributed by atoms with Crippen LogP contribution in [0, 0.1) is 5.41 Å². The van der Waals surface area contributed by atoms with Gasteiger partial charge in [0.05, 0.1) is 6.04 Å². The Morgan fingerprint density at radius 2 is 2.00 bits per heavy atom. The number of carbonyl (C=O) groups is 1. The summed E-state index contributed by atoms with van der Waals surface area (Å²) in [6, 6.07) is 12.1. The van der Waals surface area contributed by atoms with Crippen LogP contribution in [0.2, 0.25) is 0 Å². The van der Waals surface area contributed by atoms with Gasteiger partial charge in [0, 0.05) is 11.1 Å². The van der Waals surface area contributed by atoms with Gasteiger partial charge in [-0.1, -0.05) is 37.3 Å². The normalized spacial score (nSPS) is 19.6. The van der Waals surface area contributed by atoms with E-state index in [9.17, 15) is 9.90 Å². The number of benzene rings is 2. The molecule has 2 aromatic rings. The average Bonchev–Trinajstić information content (AvgIpc) is 2.95. The Balaban J connectivity index is 1.96. The summed E-state index contributed by atoms with van der Waals surface area (Å²) in [5.74, 6) is -0.683. The molecule has 1 aliphatic heterocycles. The van der Waals surface area contributed by atoms with Gasteiger partial charge in [-0.2, -0.15) is 0 Å². The molecule has 0 aromatic heterocycles. The molecule has 2 aromatic carbocycles.